The number of hydrogen-bond donors (Lipinski definition) is 0. The highest BCUT2D eigenvalue weighted by Crippen LogP contribution is 2.25. The van der Waals surface area contributed by atoms with Crippen LogP contribution in [0.1, 0.15) is 57.7 Å². The average Bonchev–Trinajstić information content (AvgIpc) is 2.64. The van der Waals surface area contributed by atoms with Crippen molar-refractivity contribution < 1.29 is 4.79 Å². The first-order chi connectivity index (χ1) is 8.79. The van der Waals surface area contributed by atoms with Crippen molar-refractivity contribution in [2.45, 2.75) is 64.8 Å². The fourth-order valence-electron chi connectivity index (χ4n) is 2.93. The highest BCUT2D eigenvalue weighted by Gasteiger charge is 2.17. The Morgan fingerprint density at radius 3 is 2.72 bits per heavy atom. The summed E-state index contributed by atoms with van der Waals surface area (Å²) in [5.41, 5.74) is 0. The van der Waals surface area contributed by atoms with Crippen LogP contribution in [0.25, 0.3) is 0 Å². The topological polar surface area (TPSA) is 34.9 Å². The second-order valence-corrected chi connectivity index (χ2v) is 5.41. The third-order valence-electron chi connectivity index (χ3n) is 3.99. The molecule has 0 aliphatic heterocycles. The van der Waals surface area contributed by atoms with E-state index in [1.165, 1.54) is 38.5 Å². The molecule has 1 aliphatic carbocycles. The molecule has 1 aliphatic rings. The Balaban J connectivity index is 1.84. The van der Waals surface area contributed by atoms with Gasteiger partial charge in [0.25, 0.3) is 0 Å². The fourth-order valence-corrected chi connectivity index (χ4v) is 2.93. The molecule has 1 heterocycles. The van der Waals surface area contributed by atoms with Gasteiger partial charge < -0.3 is 4.57 Å². The van der Waals surface area contributed by atoms with Gasteiger partial charge in [0.1, 0.15) is 11.6 Å². The standard InChI is InChI=1S/C15H24N2O/c1-2-17-10-9-16-15(17)12-14(18)11-13-7-5-3-4-6-8-13/h9-10,13H,2-8,11-12H2,1H3. The first-order valence-corrected chi connectivity index (χ1v) is 7.31. The highest BCUT2D eigenvalue weighted by atomic mass is 16.1. The van der Waals surface area contributed by atoms with Crippen molar-refractivity contribution in [2.24, 2.45) is 5.92 Å². The van der Waals surface area contributed by atoms with Gasteiger partial charge in [0.15, 0.2) is 0 Å². The molecule has 0 amide bonds. The number of carbonyl (C=O) groups is 1. The van der Waals surface area contributed by atoms with Crippen molar-refractivity contribution in [3.63, 3.8) is 0 Å². The molecule has 2 rings (SSSR count). The molecule has 0 aromatic carbocycles. The molecule has 0 saturated heterocycles. The fraction of sp³-hybridized carbons (Fsp3) is 0.733. The maximum absolute atomic E-state index is 12.1. The zero-order valence-corrected chi connectivity index (χ0v) is 11.4. The molecule has 1 saturated carbocycles. The van der Waals surface area contributed by atoms with Gasteiger partial charge in [0, 0.05) is 25.4 Å². The number of hydrogen-bond acceptors (Lipinski definition) is 2. The quantitative estimate of drug-likeness (QED) is 0.749. The number of aryl methyl sites for hydroxylation is 1. The molecule has 0 bridgehead atoms. The Bertz CT molecular complexity index is 376. The molecule has 3 heteroatoms. The van der Waals surface area contributed by atoms with Crippen LogP contribution in [0.5, 0.6) is 0 Å². The van der Waals surface area contributed by atoms with E-state index in [0.29, 0.717) is 18.1 Å². The lowest BCUT2D eigenvalue weighted by atomic mass is 9.93. The van der Waals surface area contributed by atoms with Gasteiger partial charge in [0.05, 0.1) is 6.42 Å². The van der Waals surface area contributed by atoms with Crippen molar-refractivity contribution in [2.75, 3.05) is 0 Å². The number of rotatable bonds is 5. The first kappa shape index (κ1) is 13.3. The number of aromatic nitrogens is 2. The lowest BCUT2D eigenvalue weighted by molar-refractivity contribution is -0.119. The van der Waals surface area contributed by atoms with E-state index >= 15 is 0 Å². The van der Waals surface area contributed by atoms with Gasteiger partial charge in [-0.3, -0.25) is 4.79 Å². The predicted octanol–water partition coefficient (Wildman–Crippen LogP) is 3.38. The van der Waals surface area contributed by atoms with E-state index in [1.54, 1.807) is 6.20 Å². The minimum Gasteiger partial charge on any atom is -0.335 e. The van der Waals surface area contributed by atoms with Crippen molar-refractivity contribution >= 4 is 5.78 Å². The highest BCUT2D eigenvalue weighted by molar-refractivity contribution is 5.80. The average molecular weight is 248 g/mol. The third-order valence-corrected chi connectivity index (χ3v) is 3.99. The second kappa shape index (κ2) is 6.72. The molecule has 18 heavy (non-hydrogen) atoms. The molecule has 0 atom stereocenters. The maximum Gasteiger partial charge on any atom is 0.140 e. The number of imidazole rings is 1. The van der Waals surface area contributed by atoms with Crippen LogP contribution in [-0.2, 0) is 17.8 Å². The number of ketones is 1. The monoisotopic (exact) mass is 248 g/mol. The van der Waals surface area contributed by atoms with E-state index in [2.05, 4.69) is 16.5 Å². The van der Waals surface area contributed by atoms with Crippen molar-refractivity contribution in [1.82, 2.24) is 9.55 Å². The molecule has 1 aromatic heterocycles. The SMILES string of the molecule is CCn1ccnc1CC(=O)CC1CCCCCC1. The molecule has 0 N–H and O–H groups in total. The summed E-state index contributed by atoms with van der Waals surface area (Å²) in [6.07, 6.45) is 12.8. The normalized spacial score (nSPS) is 17.6. The largest absolute Gasteiger partial charge is 0.335 e. The number of Topliss-reactive ketones (excluding diaryl/α,β-unsaturated/α-hetero) is 1. The summed E-state index contributed by atoms with van der Waals surface area (Å²) in [4.78, 5) is 16.4. The summed E-state index contributed by atoms with van der Waals surface area (Å²) in [6, 6.07) is 0. The Hall–Kier alpha value is -1.12. The van der Waals surface area contributed by atoms with Gasteiger partial charge in [-0.25, -0.2) is 4.98 Å². The summed E-state index contributed by atoms with van der Waals surface area (Å²) >= 11 is 0. The van der Waals surface area contributed by atoms with Crippen molar-refractivity contribution in [1.29, 1.82) is 0 Å². The first-order valence-electron chi connectivity index (χ1n) is 7.31. The molecule has 1 fully saturated rings. The van der Waals surface area contributed by atoms with Crippen LogP contribution >= 0.6 is 0 Å². The maximum atomic E-state index is 12.1. The lowest BCUT2D eigenvalue weighted by Gasteiger charge is -2.12. The van der Waals surface area contributed by atoms with Gasteiger partial charge in [-0.15, -0.1) is 0 Å². The van der Waals surface area contributed by atoms with Gasteiger partial charge in [-0.2, -0.15) is 0 Å². The Kier molecular flexibility index (Phi) is 4.97. The summed E-state index contributed by atoms with van der Waals surface area (Å²) in [7, 11) is 0. The molecule has 3 nitrogen and oxygen atoms in total. The van der Waals surface area contributed by atoms with E-state index < -0.39 is 0 Å². The van der Waals surface area contributed by atoms with Crippen LogP contribution in [0.15, 0.2) is 12.4 Å². The predicted molar refractivity (Wildman–Crippen MR) is 72.4 cm³/mol. The van der Waals surface area contributed by atoms with E-state index in [1.807, 2.05) is 6.20 Å². The zero-order valence-electron chi connectivity index (χ0n) is 11.4. The van der Waals surface area contributed by atoms with Crippen molar-refractivity contribution in [3.05, 3.63) is 18.2 Å². The number of carbonyl (C=O) groups excluding carboxylic acids is 1. The molecule has 0 unspecified atom stereocenters. The van der Waals surface area contributed by atoms with Gasteiger partial charge in [0.2, 0.25) is 0 Å². The molecule has 1 aromatic rings. The Labute approximate surface area is 110 Å². The second-order valence-electron chi connectivity index (χ2n) is 5.41. The summed E-state index contributed by atoms with van der Waals surface area (Å²) in [5.74, 6) is 1.92. The Morgan fingerprint density at radius 1 is 1.33 bits per heavy atom. The molecular formula is C15H24N2O. The van der Waals surface area contributed by atoms with Gasteiger partial charge in [-0.1, -0.05) is 38.5 Å². The smallest absolute Gasteiger partial charge is 0.140 e. The van der Waals surface area contributed by atoms with Gasteiger partial charge >= 0.3 is 0 Å². The van der Waals surface area contributed by atoms with E-state index in [0.717, 1.165) is 18.8 Å². The van der Waals surface area contributed by atoms with Crippen LogP contribution in [0, 0.1) is 5.92 Å². The van der Waals surface area contributed by atoms with Crippen LogP contribution < -0.4 is 0 Å². The summed E-state index contributed by atoms with van der Waals surface area (Å²) < 4.78 is 2.06. The van der Waals surface area contributed by atoms with Crippen LogP contribution in [0.3, 0.4) is 0 Å². The van der Waals surface area contributed by atoms with Crippen LogP contribution in [0.4, 0.5) is 0 Å². The minimum absolute atomic E-state index is 0.364. The zero-order chi connectivity index (χ0) is 12.8. The molecule has 0 radical (unpaired) electrons. The Morgan fingerprint density at radius 2 is 2.06 bits per heavy atom. The van der Waals surface area contributed by atoms with Crippen LogP contribution in [0.2, 0.25) is 0 Å². The summed E-state index contributed by atoms with van der Waals surface area (Å²) in [6.45, 7) is 2.98. The lowest BCUT2D eigenvalue weighted by Crippen LogP contribution is -2.13. The molecular weight excluding hydrogens is 224 g/mol. The van der Waals surface area contributed by atoms with Crippen molar-refractivity contribution in [3.8, 4) is 0 Å². The number of nitrogens with zero attached hydrogens (tertiary/aromatic N) is 2. The van der Waals surface area contributed by atoms with Crippen LogP contribution in [-0.4, -0.2) is 15.3 Å². The third kappa shape index (κ3) is 3.69. The van der Waals surface area contributed by atoms with E-state index in [9.17, 15) is 4.79 Å². The van der Waals surface area contributed by atoms with Gasteiger partial charge in [-0.05, 0) is 12.8 Å². The minimum atomic E-state index is 0.364. The summed E-state index contributed by atoms with van der Waals surface area (Å²) in [5, 5.41) is 0. The molecule has 100 valence electrons. The van der Waals surface area contributed by atoms with E-state index in [-0.39, 0.29) is 0 Å². The molecule has 0 spiro atoms. The van der Waals surface area contributed by atoms with E-state index in [4.69, 9.17) is 0 Å².